The number of aliphatic hydroxyl groups excluding tert-OH is 1. The van der Waals surface area contributed by atoms with E-state index in [1.165, 1.54) is 24.3 Å². The van der Waals surface area contributed by atoms with Gasteiger partial charge in [0.2, 0.25) is 0 Å². The topological polar surface area (TPSA) is 138 Å². The first-order chi connectivity index (χ1) is 17.3. The number of ether oxygens (including phenoxy) is 5. The fourth-order valence-electron chi connectivity index (χ4n) is 4.12. The van der Waals surface area contributed by atoms with Crippen LogP contribution < -0.4 is 0 Å². The third kappa shape index (κ3) is 5.40. The molecule has 5 atom stereocenters. The second kappa shape index (κ2) is 10.9. The summed E-state index contributed by atoms with van der Waals surface area (Å²) in [5.74, 6) is -4.13. The number of esters is 3. The number of carbonyl (C=O) groups excluding carboxylic acids is 3. The van der Waals surface area contributed by atoms with E-state index < -0.39 is 54.7 Å². The predicted octanol–water partition coefficient (Wildman–Crippen LogP) is 1.98. The maximum Gasteiger partial charge on any atom is 0.367 e. The van der Waals surface area contributed by atoms with Gasteiger partial charge < -0.3 is 33.9 Å². The van der Waals surface area contributed by atoms with Crippen molar-refractivity contribution in [3.63, 3.8) is 0 Å². The third-order valence-electron chi connectivity index (χ3n) is 5.79. The van der Waals surface area contributed by atoms with Gasteiger partial charge in [-0.15, -0.1) is 0 Å². The van der Waals surface area contributed by atoms with Gasteiger partial charge in [-0.1, -0.05) is 30.3 Å². The lowest BCUT2D eigenvalue weighted by Crippen LogP contribution is -2.56. The molecule has 0 aromatic heterocycles. The normalized spacial score (nSPS) is 26.9. The quantitative estimate of drug-likeness (QED) is 0.316. The van der Waals surface area contributed by atoms with E-state index in [-0.39, 0.29) is 24.3 Å². The predicted molar refractivity (Wildman–Crippen MR) is 123 cm³/mol. The molecule has 0 radical (unpaired) electrons. The van der Waals surface area contributed by atoms with Crippen LogP contribution in [0.4, 0.5) is 0 Å². The highest BCUT2D eigenvalue weighted by molar-refractivity contribution is 5.90. The van der Waals surface area contributed by atoms with Crippen LogP contribution in [-0.4, -0.2) is 71.5 Å². The maximum atomic E-state index is 12.8. The standard InChI is InChI=1S/C26H26O10/c1-2-32-25(31)26-14-19(33-24(30)17-6-4-3-5-7-17)22(23(36-26)20(15-27)35-26)34-21(29)13-10-16-8-11-18(28)12-9-16/h3-13,19-20,22-23,27-28H,2,14-15H2,1H3/b13-10+/t19-,20+,22-,23-,26-/m1/s1. The number of aliphatic hydroxyl groups is 1. The minimum Gasteiger partial charge on any atom is -0.508 e. The largest absolute Gasteiger partial charge is 0.508 e. The first-order valence-corrected chi connectivity index (χ1v) is 11.4. The monoisotopic (exact) mass is 498 g/mol. The van der Waals surface area contributed by atoms with E-state index >= 15 is 0 Å². The SMILES string of the molecule is CCOC(=O)[C@@]12C[C@@H](OC(=O)c3ccccc3)[C@@H](OC(=O)/C=C/c3ccc(O)cc3)[C@H](O1)[C@H](CO)O2. The van der Waals surface area contributed by atoms with E-state index in [9.17, 15) is 24.6 Å². The molecule has 2 saturated heterocycles. The van der Waals surface area contributed by atoms with E-state index in [4.69, 9.17) is 23.7 Å². The Hall–Kier alpha value is -3.73. The average molecular weight is 498 g/mol. The maximum absolute atomic E-state index is 12.8. The first kappa shape index (κ1) is 25.4. The molecule has 10 heteroatoms. The molecule has 2 aliphatic rings. The third-order valence-corrected chi connectivity index (χ3v) is 5.79. The summed E-state index contributed by atoms with van der Waals surface area (Å²) in [7, 11) is 0. The molecule has 2 aromatic carbocycles. The minimum atomic E-state index is -1.92. The summed E-state index contributed by atoms with van der Waals surface area (Å²) < 4.78 is 28.0. The van der Waals surface area contributed by atoms with E-state index in [0.717, 1.165) is 0 Å². The second-order valence-electron chi connectivity index (χ2n) is 8.24. The van der Waals surface area contributed by atoms with Crippen LogP contribution in [0.15, 0.2) is 60.7 Å². The number of rotatable bonds is 8. The van der Waals surface area contributed by atoms with Gasteiger partial charge in [-0.2, -0.15) is 0 Å². The molecule has 4 rings (SSSR count). The lowest BCUT2D eigenvalue weighted by atomic mass is 9.95. The molecule has 0 amide bonds. The smallest absolute Gasteiger partial charge is 0.367 e. The average Bonchev–Trinajstić information content (AvgIpc) is 3.21. The van der Waals surface area contributed by atoms with Gasteiger partial charge in [-0.25, -0.2) is 14.4 Å². The Bertz CT molecular complexity index is 1110. The number of hydrogen-bond acceptors (Lipinski definition) is 10. The number of phenolic OH excluding ortho intramolecular Hbond substituents is 1. The highest BCUT2D eigenvalue weighted by Gasteiger charge is 2.64. The fourth-order valence-corrected chi connectivity index (χ4v) is 4.12. The number of aromatic hydroxyl groups is 1. The van der Waals surface area contributed by atoms with E-state index in [0.29, 0.717) is 5.56 Å². The Morgan fingerprint density at radius 1 is 1.06 bits per heavy atom. The molecule has 36 heavy (non-hydrogen) atoms. The molecule has 190 valence electrons. The van der Waals surface area contributed by atoms with E-state index in [1.807, 2.05) is 0 Å². The van der Waals surface area contributed by atoms with Crippen LogP contribution in [0.1, 0.15) is 29.3 Å². The first-order valence-electron chi connectivity index (χ1n) is 11.4. The minimum absolute atomic E-state index is 0.0523. The Balaban J connectivity index is 1.58. The summed E-state index contributed by atoms with van der Waals surface area (Å²) in [6.45, 7) is 1.13. The Morgan fingerprint density at radius 3 is 2.44 bits per heavy atom. The Kier molecular flexibility index (Phi) is 7.68. The van der Waals surface area contributed by atoms with Crippen LogP contribution in [-0.2, 0) is 33.3 Å². The lowest BCUT2D eigenvalue weighted by Gasteiger charge is -2.38. The van der Waals surface area contributed by atoms with Gasteiger partial charge >= 0.3 is 17.9 Å². The zero-order valence-corrected chi connectivity index (χ0v) is 19.4. The molecule has 10 nitrogen and oxygen atoms in total. The van der Waals surface area contributed by atoms with Gasteiger partial charge in [-0.05, 0) is 42.8 Å². The van der Waals surface area contributed by atoms with Crippen molar-refractivity contribution >= 4 is 24.0 Å². The molecule has 0 unspecified atom stereocenters. The number of carbonyl (C=O) groups is 3. The lowest BCUT2D eigenvalue weighted by molar-refractivity contribution is -0.250. The van der Waals surface area contributed by atoms with Crippen molar-refractivity contribution in [1.29, 1.82) is 0 Å². The highest BCUT2D eigenvalue weighted by atomic mass is 16.8. The molecule has 2 fully saturated rings. The van der Waals surface area contributed by atoms with E-state index in [1.54, 1.807) is 49.4 Å². The molecule has 2 aliphatic heterocycles. The summed E-state index contributed by atoms with van der Waals surface area (Å²) in [6.07, 6.45) is -2.12. The number of benzene rings is 2. The van der Waals surface area contributed by atoms with Crippen molar-refractivity contribution in [3.05, 3.63) is 71.8 Å². The van der Waals surface area contributed by atoms with Gasteiger partial charge in [0.1, 0.15) is 24.1 Å². The molecular formula is C26H26O10. The summed E-state index contributed by atoms with van der Waals surface area (Å²) in [4.78, 5) is 38.2. The van der Waals surface area contributed by atoms with Crippen molar-refractivity contribution < 1.29 is 48.3 Å². The molecule has 0 saturated carbocycles. The molecule has 2 bridgehead atoms. The second-order valence-corrected chi connectivity index (χ2v) is 8.24. The van der Waals surface area contributed by atoms with Crippen molar-refractivity contribution in [2.24, 2.45) is 0 Å². The van der Waals surface area contributed by atoms with Crippen LogP contribution in [0.2, 0.25) is 0 Å². The number of hydrogen-bond donors (Lipinski definition) is 2. The van der Waals surface area contributed by atoms with E-state index in [2.05, 4.69) is 0 Å². The summed E-state index contributed by atoms with van der Waals surface area (Å²) in [6, 6.07) is 14.3. The van der Waals surface area contributed by atoms with Crippen molar-refractivity contribution in [2.75, 3.05) is 13.2 Å². The van der Waals surface area contributed by atoms with Crippen LogP contribution in [0.25, 0.3) is 6.08 Å². The van der Waals surface area contributed by atoms with Crippen LogP contribution in [0.5, 0.6) is 5.75 Å². The van der Waals surface area contributed by atoms with Gasteiger partial charge in [0.25, 0.3) is 5.79 Å². The van der Waals surface area contributed by atoms with Gasteiger partial charge in [-0.3, -0.25) is 0 Å². The molecule has 0 spiro atoms. The Morgan fingerprint density at radius 2 is 1.78 bits per heavy atom. The van der Waals surface area contributed by atoms with Crippen molar-refractivity contribution in [3.8, 4) is 5.75 Å². The summed E-state index contributed by atoms with van der Waals surface area (Å²) in [5, 5.41) is 19.3. The summed E-state index contributed by atoms with van der Waals surface area (Å²) in [5.41, 5.74) is 0.897. The van der Waals surface area contributed by atoms with Crippen LogP contribution in [0.3, 0.4) is 0 Å². The number of fused-ring (bicyclic) bond motifs is 2. The molecule has 2 aromatic rings. The zero-order chi connectivity index (χ0) is 25.7. The van der Waals surface area contributed by atoms with Crippen LogP contribution >= 0.6 is 0 Å². The van der Waals surface area contributed by atoms with Gasteiger partial charge in [0.05, 0.1) is 25.2 Å². The highest BCUT2D eigenvalue weighted by Crippen LogP contribution is 2.43. The summed E-state index contributed by atoms with van der Waals surface area (Å²) >= 11 is 0. The van der Waals surface area contributed by atoms with Gasteiger partial charge in [0.15, 0.2) is 6.10 Å². The molecule has 2 heterocycles. The zero-order valence-electron chi connectivity index (χ0n) is 19.4. The van der Waals surface area contributed by atoms with Gasteiger partial charge in [0, 0.05) is 6.08 Å². The van der Waals surface area contributed by atoms with Crippen molar-refractivity contribution in [2.45, 2.75) is 43.5 Å². The Labute approximate surface area is 207 Å². The fraction of sp³-hybridized carbons (Fsp3) is 0.346. The molecule has 2 N–H and O–H groups in total. The number of phenols is 1. The molecule has 0 aliphatic carbocycles. The molecular weight excluding hydrogens is 472 g/mol. The van der Waals surface area contributed by atoms with Crippen molar-refractivity contribution in [1.82, 2.24) is 0 Å². The van der Waals surface area contributed by atoms with Crippen LogP contribution in [0, 0.1) is 0 Å².